The summed E-state index contributed by atoms with van der Waals surface area (Å²) in [4.78, 5) is 28.0. The largest absolute Gasteiger partial charge is 0.490 e. The van der Waals surface area contributed by atoms with E-state index in [1.54, 1.807) is 31.2 Å². The standard InChI is InChI=1S/C33H46F3N3O7S/c1-22-9-12-27(13-10-22)47(43,44)38(5)20-30-23(2)19-39(24(3)21-40)32(42)28-18-26(37-31(41)15-16-33(34,35)36)11-14-29(28)46-25(4)8-6-7-17-45-30/h9-14,18,23-25,30,40H,6-8,15-17,19-21H2,1-5H3,(H,37,41)/t23-,24-,25-,30-/m0/s1. The van der Waals surface area contributed by atoms with Gasteiger partial charge in [0.05, 0.1) is 41.7 Å². The minimum Gasteiger partial charge on any atom is -0.490 e. The molecule has 4 atom stereocenters. The van der Waals surface area contributed by atoms with E-state index in [4.69, 9.17) is 9.47 Å². The summed E-state index contributed by atoms with van der Waals surface area (Å²) in [6.45, 7) is 7.26. The number of carbonyl (C=O) groups is 2. The predicted molar refractivity (Wildman–Crippen MR) is 172 cm³/mol. The second-order valence-corrected chi connectivity index (χ2v) is 14.3. The fraction of sp³-hybridized carbons (Fsp3) is 0.576. The van der Waals surface area contributed by atoms with E-state index in [2.05, 4.69) is 5.32 Å². The first-order chi connectivity index (χ1) is 22.0. The number of halogens is 3. The molecule has 2 aromatic carbocycles. The molecular weight excluding hydrogens is 639 g/mol. The van der Waals surface area contributed by atoms with Crippen molar-refractivity contribution in [3.05, 3.63) is 53.6 Å². The highest BCUT2D eigenvalue weighted by molar-refractivity contribution is 7.89. The number of anilines is 1. The molecule has 0 spiro atoms. The lowest BCUT2D eigenvalue weighted by Gasteiger charge is -2.35. The van der Waals surface area contributed by atoms with Crippen molar-refractivity contribution in [3.63, 3.8) is 0 Å². The number of sulfonamides is 1. The first-order valence-electron chi connectivity index (χ1n) is 15.8. The Kier molecular flexibility index (Phi) is 13.6. The van der Waals surface area contributed by atoms with Crippen LogP contribution < -0.4 is 10.1 Å². The fourth-order valence-electron chi connectivity index (χ4n) is 5.18. The molecule has 2 amide bonds. The molecule has 1 aliphatic rings. The van der Waals surface area contributed by atoms with Crippen LogP contribution in [-0.4, -0.2) is 92.3 Å². The topological polar surface area (TPSA) is 125 Å². The highest BCUT2D eigenvalue weighted by atomic mass is 32.2. The van der Waals surface area contributed by atoms with Gasteiger partial charge in [-0.05, 0) is 70.4 Å². The Morgan fingerprint density at radius 1 is 1.15 bits per heavy atom. The smallest absolute Gasteiger partial charge is 0.389 e. The number of nitrogens with one attached hydrogen (secondary N) is 1. The zero-order valence-corrected chi connectivity index (χ0v) is 28.4. The summed E-state index contributed by atoms with van der Waals surface area (Å²) < 4.78 is 78.4. The highest BCUT2D eigenvalue weighted by Crippen LogP contribution is 2.29. The van der Waals surface area contributed by atoms with Crippen LogP contribution in [0.1, 0.15) is 68.8 Å². The maximum atomic E-state index is 14.2. The lowest BCUT2D eigenvalue weighted by Crippen LogP contribution is -2.48. The van der Waals surface area contributed by atoms with Crippen LogP contribution in [0.15, 0.2) is 47.4 Å². The Morgan fingerprint density at radius 2 is 1.83 bits per heavy atom. The van der Waals surface area contributed by atoms with Crippen molar-refractivity contribution in [2.75, 3.05) is 38.7 Å². The Bertz CT molecular complexity index is 1450. The number of aryl methyl sites for hydroxylation is 1. The van der Waals surface area contributed by atoms with Crippen molar-refractivity contribution in [2.45, 2.75) is 89.1 Å². The predicted octanol–water partition coefficient (Wildman–Crippen LogP) is 5.39. The second-order valence-electron chi connectivity index (χ2n) is 12.3. The molecule has 0 aliphatic carbocycles. The fourth-order valence-corrected chi connectivity index (χ4v) is 6.37. The quantitative estimate of drug-likeness (QED) is 0.363. The molecule has 0 radical (unpaired) electrons. The van der Waals surface area contributed by atoms with Gasteiger partial charge in [-0.2, -0.15) is 17.5 Å². The first-order valence-corrected chi connectivity index (χ1v) is 17.2. The van der Waals surface area contributed by atoms with E-state index < -0.39 is 58.9 Å². The summed E-state index contributed by atoms with van der Waals surface area (Å²) in [5.41, 5.74) is 1.11. The Labute approximate surface area is 275 Å². The molecule has 0 aromatic heterocycles. The van der Waals surface area contributed by atoms with Crippen molar-refractivity contribution in [2.24, 2.45) is 5.92 Å². The van der Waals surface area contributed by atoms with E-state index in [0.717, 1.165) is 12.0 Å². The molecule has 0 unspecified atom stereocenters. The van der Waals surface area contributed by atoms with Crippen molar-refractivity contribution in [3.8, 4) is 5.75 Å². The molecule has 1 aliphatic heterocycles. The summed E-state index contributed by atoms with van der Waals surface area (Å²) in [5, 5.41) is 12.6. The van der Waals surface area contributed by atoms with Gasteiger partial charge in [0.15, 0.2) is 0 Å². The van der Waals surface area contributed by atoms with Crippen molar-refractivity contribution in [1.29, 1.82) is 0 Å². The molecule has 2 N–H and O–H groups in total. The maximum Gasteiger partial charge on any atom is 0.389 e. The molecule has 1 heterocycles. The molecule has 47 heavy (non-hydrogen) atoms. The third-order valence-electron chi connectivity index (χ3n) is 8.14. The number of amides is 2. The third-order valence-corrected chi connectivity index (χ3v) is 9.97. The van der Waals surface area contributed by atoms with E-state index in [1.165, 1.54) is 34.5 Å². The Morgan fingerprint density at radius 3 is 2.47 bits per heavy atom. The number of carbonyl (C=O) groups excluding carboxylic acids is 2. The monoisotopic (exact) mass is 685 g/mol. The first kappa shape index (κ1) is 38.2. The van der Waals surface area contributed by atoms with Crippen LogP contribution in [0.4, 0.5) is 18.9 Å². The molecule has 14 heteroatoms. The maximum absolute atomic E-state index is 14.2. The van der Waals surface area contributed by atoms with Crippen LogP contribution in [0, 0.1) is 12.8 Å². The van der Waals surface area contributed by atoms with Crippen molar-refractivity contribution in [1.82, 2.24) is 9.21 Å². The van der Waals surface area contributed by atoms with Gasteiger partial charge in [-0.1, -0.05) is 24.6 Å². The zero-order chi connectivity index (χ0) is 34.9. The van der Waals surface area contributed by atoms with Crippen LogP contribution in [0.5, 0.6) is 5.75 Å². The summed E-state index contributed by atoms with van der Waals surface area (Å²) >= 11 is 0. The lowest BCUT2D eigenvalue weighted by molar-refractivity contribution is -0.142. The number of alkyl halides is 3. The van der Waals surface area contributed by atoms with Gasteiger partial charge in [0.25, 0.3) is 5.91 Å². The van der Waals surface area contributed by atoms with E-state index in [-0.39, 0.29) is 47.7 Å². The average Bonchev–Trinajstić information content (AvgIpc) is 3.01. The third kappa shape index (κ3) is 11.2. The van der Waals surface area contributed by atoms with Crippen LogP contribution in [-0.2, 0) is 19.6 Å². The highest BCUT2D eigenvalue weighted by Gasteiger charge is 2.33. The average molecular weight is 686 g/mol. The molecule has 262 valence electrons. The number of nitrogens with zero attached hydrogens (tertiary/aromatic N) is 2. The normalized spacial score (nSPS) is 21.0. The molecule has 3 rings (SSSR count). The van der Waals surface area contributed by atoms with Gasteiger partial charge >= 0.3 is 6.18 Å². The number of aliphatic hydroxyl groups is 1. The molecule has 0 fully saturated rings. The summed E-state index contributed by atoms with van der Waals surface area (Å²) in [6, 6.07) is 10.2. The van der Waals surface area contributed by atoms with Crippen LogP contribution in [0.3, 0.4) is 0 Å². The molecule has 10 nitrogen and oxygen atoms in total. The second kappa shape index (κ2) is 16.8. The minimum absolute atomic E-state index is 0.0110. The van der Waals surface area contributed by atoms with Crippen LogP contribution in [0.2, 0.25) is 0 Å². The molecule has 2 aromatic rings. The number of benzene rings is 2. The number of rotatable bonds is 9. The van der Waals surface area contributed by atoms with E-state index in [1.807, 2.05) is 20.8 Å². The van der Waals surface area contributed by atoms with Crippen LogP contribution in [0.25, 0.3) is 0 Å². The number of aliphatic hydroxyl groups excluding tert-OH is 1. The summed E-state index contributed by atoms with van der Waals surface area (Å²) in [7, 11) is -2.36. The Balaban J connectivity index is 1.94. The number of ether oxygens (including phenoxy) is 2. The lowest BCUT2D eigenvalue weighted by atomic mass is 10.0. The SMILES string of the molecule is Cc1ccc(S(=O)(=O)N(C)C[C@@H]2OCCCC[C@H](C)Oc3ccc(NC(=O)CCC(F)(F)F)cc3C(=O)N([C@@H](C)CO)C[C@@H]2C)cc1. The van der Waals surface area contributed by atoms with Gasteiger partial charge in [-0.3, -0.25) is 9.59 Å². The van der Waals surface area contributed by atoms with Gasteiger partial charge < -0.3 is 24.8 Å². The number of likely N-dealkylation sites (N-methyl/N-ethyl adjacent to an activating group) is 1. The summed E-state index contributed by atoms with van der Waals surface area (Å²) in [6.07, 6.45) is -5.46. The number of hydrogen-bond acceptors (Lipinski definition) is 7. The van der Waals surface area contributed by atoms with Gasteiger partial charge in [-0.25, -0.2) is 8.42 Å². The van der Waals surface area contributed by atoms with E-state index in [9.17, 15) is 36.3 Å². The van der Waals surface area contributed by atoms with Crippen LogP contribution >= 0.6 is 0 Å². The van der Waals surface area contributed by atoms with E-state index in [0.29, 0.717) is 19.4 Å². The van der Waals surface area contributed by atoms with Crippen molar-refractivity contribution < 1.29 is 45.8 Å². The molecular formula is C33H46F3N3O7S. The van der Waals surface area contributed by atoms with Gasteiger partial charge in [0, 0.05) is 44.8 Å². The number of fused-ring (bicyclic) bond motifs is 1. The van der Waals surface area contributed by atoms with Gasteiger partial charge in [0.1, 0.15) is 5.75 Å². The van der Waals surface area contributed by atoms with Gasteiger partial charge in [-0.15, -0.1) is 0 Å². The van der Waals surface area contributed by atoms with Crippen molar-refractivity contribution >= 4 is 27.5 Å². The zero-order valence-electron chi connectivity index (χ0n) is 27.5. The molecule has 0 saturated heterocycles. The van der Waals surface area contributed by atoms with E-state index >= 15 is 0 Å². The Hall–Kier alpha value is -3.20. The minimum atomic E-state index is -4.49. The van der Waals surface area contributed by atoms with Gasteiger partial charge in [0.2, 0.25) is 15.9 Å². The molecule has 0 saturated carbocycles. The summed E-state index contributed by atoms with van der Waals surface area (Å²) in [5.74, 6) is -1.57. The number of hydrogen-bond donors (Lipinski definition) is 2. The molecule has 0 bridgehead atoms.